The monoisotopic (exact) mass is 390 g/mol. The molecule has 0 aliphatic carbocycles. The van der Waals surface area contributed by atoms with Crippen LogP contribution >= 0.6 is 0 Å². The van der Waals surface area contributed by atoms with Crippen molar-refractivity contribution in [3.8, 4) is 5.75 Å². The third-order valence-electron chi connectivity index (χ3n) is 4.30. The maximum atomic E-state index is 12.6. The quantitative estimate of drug-likeness (QED) is 0.752. The first kappa shape index (κ1) is 20.8. The SMILES string of the molecule is CCC(NC(=O)CN(c1ccccc1)S(C)(=O)=O)c1ccc(OC)c(C)c1. The molecule has 2 rings (SSSR count). The van der Waals surface area contributed by atoms with Crippen LogP contribution in [-0.4, -0.2) is 34.2 Å². The second-order valence-corrected chi connectivity index (χ2v) is 8.27. The molecule has 1 unspecified atom stereocenters. The third kappa shape index (κ3) is 5.47. The van der Waals surface area contributed by atoms with Crippen molar-refractivity contribution in [1.29, 1.82) is 0 Å². The lowest BCUT2D eigenvalue weighted by atomic mass is 10.0. The van der Waals surface area contributed by atoms with Crippen molar-refractivity contribution in [1.82, 2.24) is 5.32 Å². The molecule has 0 saturated carbocycles. The molecule has 0 aliphatic heterocycles. The Balaban J connectivity index is 2.17. The Bertz CT molecular complexity index is 882. The average Bonchev–Trinajstić information content (AvgIpc) is 2.64. The van der Waals surface area contributed by atoms with E-state index in [2.05, 4.69) is 5.32 Å². The first-order valence-corrected chi connectivity index (χ1v) is 10.6. The molecule has 0 aromatic heterocycles. The van der Waals surface area contributed by atoms with E-state index in [1.807, 2.05) is 32.0 Å². The van der Waals surface area contributed by atoms with Gasteiger partial charge in [0.15, 0.2) is 0 Å². The van der Waals surface area contributed by atoms with Crippen LogP contribution in [0.25, 0.3) is 0 Å². The highest BCUT2D eigenvalue weighted by Crippen LogP contribution is 2.24. The molecule has 0 radical (unpaired) electrons. The number of hydrogen-bond donors (Lipinski definition) is 1. The number of ether oxygens (including phenoxy) is 1. The molecule has 0 heterocycles. The summed E-state index contributed by atoms with van der Waals surface area (Å²) < 4.78 is 30.7. The van der Waals surface area contributed by atoms with Crippen LogP contribution in [0.5, 0.6) is 5.75 Å². The van der Waals surface area contributed by atoms with Crippen LogP contribution < -0.4 is 14.4 Å². The normalized spacial score (nSPS) is 12.3. The Morgan fingerprint density at radius 3 is 2.37 bits per heavy atom. The average molecular weight is 391 g/mol. The van der Waals surface area contributed by atoms with Crippen LogP contribution in [0, 0.1) is 6.92 Å². The highest BCUT2D eigenvalue weighted by Gasteiger charge is 2.22. The molecule has 1 amide bonds. The largest absolute Gasteiger partial charge is 0.496 e. The fraction of sp³-hybridized carbons (Fsp3) is 0.350. The van der Waals surface area contributed by atoms with Crippen LogP contribution in [-0.2, 0) is 14.8 Å². The van der Waals surface area contributed by atoms with Crippen molar-refractivity contribution in [2.24, 2.45) is 0 Å². The van der Waals surface area contributed by atoms with E-state index in [1.165, 1.54) is 0 Å². The number of methoxy groups -OCH3 is 1. The van der Waals surface area contributed by atoms with Crippen molar-refractivity contribution in [3.05, 3.63) is 59.7 Å². The second kappa shape index (κ2) is 8.90. The van der Waals surface area contributed by atoms with Gasteiger partial charge < -0.3 is 10.1 Å². The van der Waals surface area contributed by atoms with Crippen molar-refractivity contribution in [2.45, 2.75) is 26.3 Å². The smallest absolute Gasteiger partial charge is 0.241 e. The fourth-order valence-corrected chi connectivity index (χ4v) is 3.76. The van der Waals surface area contributed by atoms with Gasteiger partial charge in [-0.05, 0) is 42.7 Å². The molecule has 7 heteroatoms. The molecule has 1 N–H and O–H groups in total. The Hall–Kier alpha value is -2.54. The number of aryl methyl sites for hydroxylation is 1. The molecule has 0 bridgehead atoms. The van der Waals surface area contributed by atoms with Crippen LogP contribution in [0.15, 0.2) is 48.5 Å². The van der Waals surface area contributed by atoms with Crippen molar-refractivity contribution in [2.75, 3.05) is 24.2 Å². The fourth-order valence-electron chi connectivity index (χ4n) is 2.90. The summed E-state index contributed by atoms with van der Waals surface area (Å²) in [6.07, 6.45) is 1.78. The predicted molar refractivity (Wildman–Crippen MR) is 108 cm³/mol. The van der Waals surface area contributed by atoms with E-state index in [0.29, 0.717) is 12.1 Å². The maximum Gasteiger partial charge on any atom is 0.241 e. The van der Waals surface area contributed by atoms with Gasteiger partial charge in [-0.25, -0.2) is 8.42 Å². The molecule has 1 atom stereocenters. The maximum absolute atomic E-state index is 12.6. The Kier molecular flexibility index (Phi) is 6.85. The first-order chi connectivity index (χ1) is 12.8. The highest BCUT2D eigenvalue weighted by molar-refractivity contribution is 7.92. The minimum absolute atomic E-state index is 0.209. The van der Waals surface area contributed by atoms with Crippen molar-refractivity contribution >= 4 is 21.6 Å². The predicted octanol–water partition coefficient (Wildman–Crippen LogP) is 3.04. The van der Waals surface area contributed by atoms with Crippen molar-refractivity contribution in [3.63, 3.8) is 0 Å². The number of hydrogen-bond acceptors (Lipinski definition) is 4. The Morgan fingerprint density at radius 2 is 1.85 bits per heavy atom. The molecule has 0 saturated heterocycles. The number of carbonyl (C=O) groups is 1. The van der Waals surface area contributed by atoms with Crippen molar-refractivity contribution < 1.29 is 17.9 Å². The summed E-state index contributed by atoms with van der Waals surface area (Å²) in [6, 6.07) is 14.1. The van der Waals surface area contributed by atoms with Gasteiger partial charge in [0.1, 0.15) is 12.3 Å². The Morgan fingerprint density at radius 1 is 1.19 bits per heavy atom. The summed E-state index contributed by atoms with van der Waals surface area (Å²) >= 11 is 0. The highest BCUT2D eigenvalue weighted by atomic mass is 32.2. The lowest BCUT2D eigenvalue weighted by Gasteiger charge is -2.24. The van der Waals surface area contributed by atoms with Gasteiger partial charge in [-0.15, -0.1) is 0 Å². The zero-order chi connectivity index (χ0) is 20.0. The third-order valence-corrected chi connectivity index (χ3v) is 5.44. The van der Waals surface area contributed by atoms with Gasteiger partial charge >= 0.3 is 0 Å². The molecular weight excluding hydrogens is 364 g/mol. The summed E-state index contributed by atoms with van der Waals surface area (Å²) in [5.41, 5.74) is 2.39. The molecule has 146 valence electrons. The first-order valence-electron chi connectivity index (χ1n) is 8.73. The summed E-state index contributed by atoms with van der Waals surface area (Å²) in [5, 5.41) is 2.93. The lowest BCUT2D eigenvalue weighted by Crippen LogP contribution is -2.41. The van der Waals surface area contributed by atoms with Gasteiger partial charge in [-0.2, -0.15) is 0 Å². The molecule has 0 spiro atoms. The van der Waals surface area contributed by atoms with E-state index in [4.69, 9.17) is 4.74 Å². The number of carbonyl (C=O) groups excluding carboxylic acids is 1. The minimum Gasteiger partial charge on any atom is -0.496 e. The molecule has 0 fully saturated rings. The lowest BCUT2D eigenvalue weighted by molar-refractivity contribution is -0.120. The molecule has 2 aromatic rings. The van der Waals surface area contributed by atoms with Gasteiger partial charge in [0.2, 0.25) is 15.9 Å². The summed E-state index contributed by atoms with van der Waals surface area (Å²) in [6.45, 7) is 3.64. The number of nitrogens with one attached hydrogen (secondary N) is 1. The Labute approximate surface area is 161 Å². The molecule has 27 heavy (non-hydrogen) atoms. The summed E-state index contributed by atoms with van der Waals surface area (Å²) in [4.78, 5) is 12.6. The molecular formula is C20H26N2O4S. The van der Waals surface area contributed by atoms with Crippen LogP contribution in [0.1, 0.15) is 30.5 Å². The van der Waals surface area contributed by atoms with Crippen LogP contribution in [0.4, 0.5) is 5.69 Å². The standard InChI is InChI=1S/C20H26N2O4S/c1-5-18(16-11-12-19(26-3)15(2)13-16)21-20(23)14-22(27(4,24)25)17-9-7-6-8-10-17/h6-13,18H,5,14H2,1-4H3,(H,21,23). The van der Waals surface area contributed by atoms with E-state index in [1.54, 1.807) is 37.4 Å². The molecule has 2 aromatic carbocycles. The van der Waals surface area contributed by atoms with E-state index < -0.39 is 10.0 Å². The van der Waals surface area contributed by atoms with Gasteiger partial charge in [0.05, 0.1) is 25.1 Å². The van der Waals surface area contributed by atoms with E-state index in [-0.39, 0.29) is 18.5 Å². The molecule has 0 aliphatic rings. The zero-order valence-corrected chi connectivity index (χ0v) is 16.9. The summed E-state index contributed by atoms with van der Waals surface area (Å²) in [5.74, 6) is 0.428. The van der Waals surface area contributed by atoms with E-state index in [9.17, 15) is 13.2 Å². The van der Waals surface area contributed by atoms with Gasteiger partial charge in [-0.3, -0.25) is 9.10 Å². The number of para-hydroxylation sites is 1. The topological polar surface area (TPSA) is 75.7 Å². The number of rotatable bonds is 8. The van der Waals surface area contributed by atoms with Crippen LogP contribution in [0.2, 0.25) is 0 Å². The minimum atomic E-state index is -3.58. The second-order valence-electron chi connectivity index (χ2n) is 6.36. The van der Waals surface area contributed by atoms with Gasteiger partial charge in [-0.1, -0.05) is 37.3 Å². The number of amides is 1. The van der Waals surface area contributed by atoms with E-state index >= 15 is 0 Å². The number of sulfonamides is 1. The number of nitrogens with zero attached hydrogens (tertiary/aromatic N) is 1. The van der Waals surface area contributed by atoms with Gasteiger partial charge in [0, 0.05) is 0 Å². The van der Waals surface area contributed by atoms with Gasteiger partial charge in [0.25, 0.3) is 0 Å². The van der Waals surface area contributed by atoms with Crippen LogP contribution in [0.3, 0.4) is 0 Å². The number of benzene rings is 2. The summed E-state index contributed by atoms with van der Waals surface area (Å²) in [7, 11) is -1.96. The zero-order valence-electron chi connectivity index (χ0n) is 16.1. The molecule has 6 nitrogen and oxygen atoms in total. The number of anilines is 1. The van der Waals surface area contributed by atoms with E-state index in [0.717, 1.165) is 27.4 Å².